The fourth-order valence-electron chi connectivity index (χ4n) is 3.20. The molecule has 2 heteroatoms. The van der Waals surface area contributed by atoms with E-state index in [9.17, 15) is 5.11 Å². The van der Waals surface area contributed by atoms with Crippen LogP contribution >= 0.6 is 0 Å². The van der Waals surface area contributed by atoms with E-state index in [1.165, 1.54) is 40.7 Å². The molecule has 0 amide bonds. The topological polar surface area (TPSA) is 29.5 Å². The highest BCUT2D eigenvalue weighted by Crippen LogP contribution is 2.36. The molecule has 2 aromatic rings. The highest BCUT2D eigenvalue weighted by atomic mass is 16.5. The van der Waals surface area contributed by atoms with Crippen LogP contribution in [0.2, 0.25) is 0 Å². The molecule has 0 fully saturated rings. The number of hydrogen-bond acceptors (Lipinski definition) is 2. The van der Waals surface area contributed by atoms with Crippen molar-refractivity contribution in [1.29, 1.82) is 0 Å². The highest BCUT2D eigenvalue weighted by Gasteiger charge is 2.21. The maximum Gasteiger partial charge on any atom is 0.0727 e. The van der Waals surface area contributed by atoms with E-state index in [0.29, 0.717) is 13.2 Å². The van der Waals surface area contributed by atoms with Gasteiger partial charge in [-0.25, -0.2) is 0 Å². The number of aliphatic hydroxyl groups excluding tert-OH is 1. The molecule has 1 aliphatic heterocycles. The van der Waals surface area contributed by atoms with Gasteiger partial charge in [0.1, 0.15) is 0 Å². The molecular weight excluding hydrogens is 260 g/mol. The fraction of sp³-hybridized carbons (Fsp3) is 0.368. The molecule has 21 heavy (non-hydrogen) atoms. The van der Waals surface area contributed by atoms with E-state index in [1.807, 2.05) is 6.07 Å². The summed E-state index contributed by atoms with van der Waals surface area (Å²) in [6, 6.07) is 12.5. The van der Waals surface area contributed by atoms with Crippen LogP contribution in [-0.4, -0.2) is 5.11 Å². The van der Waals surface area contributed by atoms with Crippen molar-refractivity contribution in [3.8, 4) is 11.1 Å². The SMILES string of the molecule is CCCCc1c2c(cc(CO)c1-c1ccccc1)COC2. The second-order valence-corrected chi connectivity index (χ2v) is 5.65. The zero-order valence-corrected chi connectivity index (χ0v) is 12.6. The molecule has 0 atom stereocenters. The lowest BCUT2D eigenvalue weighted by Gasteiger charge is -2.18. The zero-order valence-electron chi connectivity index (χ0n) is 12.6. The zero-order chi connectivity index (χ0) is 14.7. The highest BCUT2D eigenvalue weighted by molar-refractivity contribution is 5.73. The third-order valence-electron chi connectivity index (χ3n) is 4.24. The van der Waals surface area contributed by atoms with Crippen molar-refractivity contribution in [2.45, 2.75) is 46.0 Å². The Labute approximate surface area is 126 Å². The van der Waals surface area contributed by atoms with E-state index in [2.05, 4.69) is 37.3 Å². The quantitative estimate of drug-likeness (QED) is 0.889. The Morgan fingerprint density at radius 3 is 2.67 bits per heavy atom. The minimum atomic E-state index is 0.0800. The lowest BCUT2D eigenvalue weighted by molar-refractivity contribution is 0.134. The van der Waals surface area contributed by atoms with Gasteiger partial charge >= 0.3 is 0 Å². The number of ether oxygens (including phenoxy) is 1. The normalized spacial score (nSPS) is 13.4. The van der Waals surface area contributed by atoms with Crippen LogP contribution in [0.3, 0.4) is 0 Å². The lowest BCUT2D eigenvalue weighted by atomic mass is 9.86. The molecule has 2 aromatic carbocycles. The molecule has 2 nitrogen and oxygen atoms in total. The monoisotopic (exact) mass is 282 g/mol. The average molecular weight is 282 g/mol. The Bertz CT molecular complexity index is 617. The van der Waals surface area contributed by atoms with Crippen LogP contribution in [0.25, 0.3) is 11.1 Å². The number of hydrogen-bond donors (Lipinski definition) is 1. The van der Waals surface area contributed by atoms with Gasteiger partial charge < -0.3 is 9.84 Å². The van der Waals surface area contributed by atoms with Gasteiger partial charge in [0.05, 0.1) is 19.8 Å². The molecule has 3 rings (SSSR count). The average Bonchev–Trinajstić information content (AvgIpc) is 3.00. The Morgan fingerprint density at radius 2 is 1.95 bits per heavy atom. The number of benzene rings is 2. The summed E-state index contributed by atoms with van der Waals surface area (Å²) in [6.45, 7) is 3.68. The van der Waals surface area contributed by atoms with Gasteiger partial charge in [0, 0.05) is 0 Å². The van der Waals surface area contributed by atoms with Gasteiger partial charge in [0.15, 0.2) is 0 Å². The van der Waals surface area contributed by atoms with Gasteiger partial charge in [-0.3, -0.25) is 0 Å². The van der Waals surface area contributed by atoms with Crippen molar-refractivity contribution < 1.29 is 9.84 Å². The molecule has 110 valence electrons. The summed E-state index contributed by atoms with van der Waals surface area (Å²) in [5, 5.41) is 9.82. The molecule has 1 N–H and O–H groups in total. The van der Waals surface area contributed by atoms with Gasteiger partial charge in [-0.05, 0) is 46.2 Å². The maximum absolute atomic E-state index is 9.82. The molecule has 0 saturated heterocycles. The summed E-state index contributed by atoms with van der Waals surface area (Å²) in [5.74, 6) is 0. The van der Waals surface area contributed by atoms with Crippen LogP contribution in [0.1, 0.15) is 42.0 Å². The van der Waals surface area contributed by atoms with E-state index < -0.39 is 0 Å². The van der Waals surface area contributed by atoms with Gasteiger partial charge in [0.2, 0.25) is 0 Å². The Balaban J connectivity index is 2.19. The number of aliphatic hydroxyl groups is 1. The largest absolute Gasteiger partial charge is 0.392 e. The summed E-state index contributed by atoms with van der Waals surface area (Å²) >= 11 is 0. The van der Waals surface area contributed by atoms with Crippen molar-refractivity contribution in [2.75, 3.05) is 0 Å². The van der Waals surface area contributed by atoms with Crippen molar-refractivity contribution >= 4 is 0 Å². The van der Waals surface area contributed by atoms with Gasteiger partial charge in [-0.1, -0.05) is 49.7 Å². The van der Waals surface area contributed by atoms with Gasteiger partial charge in [-0.15, -0.1) is 0 Å². The first-order valence-corrected chi connectivity index (χ1v) is 7.75. The smallest absolute Gasteiger partial charge is 0.0727 e. The van der Waals surface area contributed by atoms with Crippen molar-refractivity contribution in [2.24, 2.45) is 0 Å². The van der Waals surface area contributed by atoms with Crippen LogP contribution in [0.5, 0.6) is 0 Å². The van der Waals surface area contributed by atoms with Crippen molar-refractivity contribution in [1.82, 2.24) is 0 Å². The molecule has 0 saturated carbocycles. The second-order valence-electron chi connectivity index (χ2n) is 5.65. The first-order chi connectivity index (χ1) is 10.3. The van der Waals surface area contributed by atoms with Crippen LogP contribution in [0.4, 0.5) is 0 Å². The molecule has 1 heterocycles. The van der Waals surface area contributed by atoms with E-state index >= 15 is 0 Å². The van der Waals surface area contributed by atoms with Crippen molar-refractivity contribution in [3.63, 3.8) is 0 Å². The Morgan fingerprint density at radius 1 is 1.14 bits per heavy atom. The first-order valence-electron chi connectivity index (χ1n) is 7.75. The van der Waals surface area contributed by atoms with Crippen LogP contribution in [0, 0.1) is 0 Å². The predicted molar refractivity (Wildman–Crippen MR) is 84.9 cm³/mol. The number of unbranched alkanes of at least 4 members (excludes halogenated alkanes) is 1. The summed E-state index contributed by atoms with van der Waals surface area (Å²) < 4.78 is 5.64. The maximum atomic E-state index is 9.82. The van der Waals surface area contributed by atoms with Gasteiger partial charge in [0.25, 0.3) is 0 Å². The summed E-state index contributed by atoms with van der Waals surface area (Å²) in [4.78, 5) is 0. The van der Waals surface area contributed by atoms with E-state index in [0.717, 1.165) is 12.0 Å². The van der Waals surface area contributed by atoms with E-state index in [-0.39, 0.29) is 6.61 Å². The van der Waals surface area contributed by atoms with E-state index in [4.69, 9.17) is 4.74 Å². The lowest BCUT2D eigenvalue weighted by Crippen LogP contribution is -2.03. The molecular formula is C19H22O2. The summed E-state index contributed by atoms with van der Waals surface area (Å²) in [7, 11) is 0. The third kappa shape index (κ3) is 2.74. The minimum Gasteiger partial charge on any atom is -0.392 e. The number of fused-ring (bicyclic) bond motifs is 1. The summed E-state index contributed by atoms with van der Waals surface area (Å²) in [5.41, 5.74) is 7.42. The molecule has 0 aliphatic carbocycles. The molecule has 0 radical (unpaired) electrons. The van der Waals surface area contributed by atoms with Crippen LogP contribution in [-0.2, 0) is 31.0 Å². The second kappa shape index (κ2) is 6.42. The van der Waals surface area contributed by atoms with E-state index in [1.54, 1.807) is 0 Å². The molecule has 0 spiro atoms. The molecule has 0 aromatic heterocycles. The fourth-order valence-corrected chi connectivity index (χ4v) is 3.20. The van der Waals surface area contributed by atoms with Crippen LogP contribution in [0.15, 0.2) is 36.4 Å². The Hall–Kier alpha value is -1.64. The Kier molecular flexibility index (Phi) is 4.37. The third-order valence-corrected chi connectivity index (χ3v) is 4.24. The van der Waals surface area contributed by atoms with Crippen LogP contribution < -0.4 is 0 Å². The standard InChI is InChI=1S/C19H22O2/c1-2-3-9-17-18-13-21-12-16(18)10-15(11-20)19(17)14-7-5-4-6-8-14/h4-8,10,20H,2-3,9,11-13H2,1H3. The predicted octanol–water partition coefficient (Wildman–Crippen LogP) is 4.22. The molecule has 0 bridgehead atoms. The first kappa shape index (κ1) is 14.3. The molecule has 1 aliphatic rings. The summed E-state index contributed by atoms with van der Waals surface area (Å²) in [6.07, 6.45) is 3.40. The number of rotatable bonds is 5. The van der Waals surface area contributed by atoms with Gasteiger partial charge in [-0.2, -0.15) is 0 Å². The molecule has 0 unspecified atom stereocenters. The van der Waals surface area contributed by atoms with Crippen molar-refractivity contribution in [3.05, 3.63) is 58.7 Å². The minimum absolute atomic E-state index is 0.0800.